The van der Waals surface area contributed by atoms with Gasteiger partial charge in [-0.05, 0) is 23.3 Å². The number of carbonyl (C=O) groups excluding carboxylic acids is 1. The van der Waals surface area contributed by atoms with Crippen LogP contribution in [0, 0.1) is 19.9 Å². The summed E-state index contributed by atoms with van der Waals surface area (Å²) in [5.41, 5.74) is 9.06. The molecule has 0 aliphatic carbocycles. The maximum atomic E-state index is 11.0. The first-order valence-corrected chi connectivity index (χ1v) is 10.1. The van der Waals surface area contributed by atoms with Crippen molar-refractivity contribution in [2.75, 3.05) is 0 Å². The van der Waals surface area contributed by atoms with E-state index in [2.05, 4.69) is 9.97 Å². The monoisotopic (exact) mass is 644 g/mol. The van der Waals surface area contributed by atoms with Crippen LogP contribution in [0.15, 0.2) is 60.9 Å². The number of carboxylic acids is 2. The van der Waals surface area contributed by atoms with Gasteiger partial charge in [-0.3, -0.25) is 41.1 Å². The van der Waals surface area contributed by atoms with Crippen molar-refractivity contribution >= 4 is 39.5 Å². The van der Waals surface area contributed by atoms with Crippen molar-refractivity contribution in [1.82, 2.24) is 16.1 Å². The number of carbonyl (C=O) groups is 3. The third kappa shape index (κ3) is 18.3. The molecule has 22 heteroatoms. The van der Waals surface area contributed by atoms with Gasteiger partial charge < -0.3 is 48.5 Å². The van der Waals surface area contributed by atoms with Crippen LogP contribution in [-0.4, -0.2) is 91.9 Å². The number of aliphatic carboxylic acids is 2. The summed E-state index contributed by atoms with van der Waals surface area (Å²) in [5.74, 6) is -3.15. The predicted octanol–water partition coefficient (Wildman–Crippen LogP) is 0.361. The van der Waals surface area contributed by atoms with Gasteiger partial charge in [-0.2, -0.15) is 0 Å². The number of fused-ring (bicyclic) bond motifs is 2. The number of H-pyrrole nitrogens is 2. The van der Waals surface area contributed by atoms with Crippen LogP contribution in [0.1, 0.15) is 11.1 Å². The molecule has 0 fully saturated rings. The molecule has 1 unspecified atom stereocenters. The van der Waals surface area contributed by atoms with Crippen LogP contribution >= 0.6 is 0 Å². The minimum atomic E-state index is -1.39. The van der Waals surface area contributed by atoms with Gasteiger partial charge >= 0.3 is 11.9 Å². The van der Waals surface area contributed by atoms with Gasteiger partial charge in [0.25, 0.3) is 0 Å². The van der Waals surface area contributed by atoms with Crippen LogP contribution in [0.3, 0.4) is 0 Å². The highest BCUT2D eigenvalue weighted by molar-refractivity contribution is 6.33. The van der Waals surface area contributed by atoms with Crippen LogP contribution < -0.4 is 11.9 Å². The second-order valence-electron chi connectivity index (χ2n) is 6.77. The smallest absolute Gasteiger partial charge is 0.372 e. The van der Waals surface area contributed by atoms with Crippen molar-refractivity contribution in [2.24, 2.45) is 5.73 Å². The summed E-state index contributed by atoms with van der Waals surface area (Å²) < 4.78 is 0. The fraction of sp³-hybridized carbons (Fsp3) is 0.136. The lowest BCUT2D eigenvalue weighted by molar-refractivity contribution is -0.176. The Balaban J connectivity index is -0.0000000905. The number of para-hydroxylation sites is 2. The fourth-order valence-electron chi connectivity index (χ4n) is 3.15. The van der Waals surface area contributed by atoms with E-state index in [9.17, 15) is 14.4 Å². The number of nitrogens with one attached hydrogen (secondary N) is 2. The van der Waals surface area contributed by atoms with Gasteiger partial charge in [0.2, 0.25) is 5.78 Å². The van der Waals surface area contributed by atoms with Gasteiger partial charge in [-0.25, -0.2) is 4.79 Å². The van der Waals surface area contributed by atoms with E-state index < -0.39 is 23.8 Å². The second kappa shape index (κ2) is 34.1. The van der Waals surface area contributed by atoms with Crippen LogP contribution in [0.4, 0.5) is 0 Å². The Hall–Kier alpha value is -5.11. The van der Waals surface area contributed by atoms with Gasteiger partial charge in [-0.1, -0.05) is 36.4 Å². The van der Waals surface area contributed by atoms with Crippen molar-refractivity contribution in [3.8, 4) is 0 Å². The molecule has 0 radical (unpaired) electrons. The Morgan fingerprint density at radius 2 is 1.00 bits per heavy atom. The van der Waals surface area contributed by atoms with E-state index >= 15 is 0 Å². The van der Waals surface area contributed by atoms with Crippen LogP contribution in [-0.2, 0) is 27.2 Å². The first-order chi connectivity index (χ1) is 19.4. The Labute approximate surface area is 245 Å². The first kappa shape index (κ1) is 54.9. The molecule has 252 valence electrons. The number of hydrogen-bond donors (Lipinski definition) is 12. The van der Waals surface area contributed by atoms with Gasteiger partial charge in [0.05, 0.1) is 0 Å². The molecule has 4 aromatic rings. The van der Waals surface area contributed by atoms with Crippen molar-refractivity contribution in [2.45, 2.75) is 18.9 Å². The molecule has 0 saturated carbocycles. The molecule has 2 heterocycles. The third-order valence-corrected chi connectivity index (χ3v) is 4.70. The van der Waals surface area contributed by atoms with Crippen molar-refractivity contribution in [3.05, 3.63) is 91.9 Å². The lowest BCUT2D eigenvalue weighted by Crippen LogP contribution is -2.32. The Morgan fingerprint density at radius 3 is 1.36 bits per heavy atom. The topological polar surface area (TPSA) is 468 Å². The molecule has 0 amide bonds. The third-order valence-electron chi connectivity index (χ3n) is 4.70. The zero-order chi connectivity index (χ0) is 31.7. The standard InChI is InChI=1S/C11H12N2O2.C11H9NO3.H3N.3H2O2.2O2.3H2O/c12-9(11(14)15)5-7-6-13-10-4-2-1-3-8(7)10;13-10(11(14)15)5-7-6-12-9-4-2-1-3-8(7)9;;5*1-2;;;/h1-4,6,9,13H,5,12H2,(H,14,15);1-4,6,12H,5H2,(H,14,15);1H3;3*1-2H;;;3*1H2. The lowest BCUT2D eigenvalue weighted by Gasteiger charge is -2.04. The molecule has 44 heavy (non-hydrogen) atoms. The maximum Gasteiger partial charge on any atom is 0.372 e. The SMILES string of the molecule is N.NC(Cc1c[nH]c2ccccc12)C(=O)O.O.O.O.O=C(O)C(=O)Cc1c[nH]c2ccccc12.O=O.O=O.OO.OO.OO. The van der Waals surface area contributed by atoms with Gasteiger partial charge in [0.15, 0.2) is 0 Å². The van der Waals surface area contributed by atoms with Gasteiger partial charge in [0, 0.05) is 66.9 Å². The van der Waals surface area contributed by atoms with E-state index in [-0.39, 0.29) is 29.0 Å². The molecule has 0 spiro atoms. The highest BCUT2D eigenvalue weighted by Gasteiger charge is 2.15. The normalized spacial score (nSPS) is 8.52. The zero-order valence-corrected chi connectivity index (χ0v) is 22.5. The average molecular weight is 645 g/mol. The average Bonchev–Trinajstić information content (AvgIpc) is 3.62. The van der Waals surface area contributed by atoms with Gasteiger partial charge in [0.1, 0.15) is 6.04 Å². The Morgan fingerprint density at radius 1 is 0.659 bits per heavy atom. The van der Waals surface area contributed by atoms with Crippen LogP contribution in [0.5, 0.6) is 0 Å². The van der Waals surface area contributed by atoms with E-state index in [0.717, 1.165) is 32.9 Å². The summed E-state index contributed by atoms with van der Waals surface area (Å²) in [4.78, 5) is 66.1. The Kier molecular flexibility index (Phi) is 42.5. The minimum absolute atomic E-state index is 0. The quantitative estimate of drug-likeness (QED) is 0.0765. The summed E-state index contributed by atoms with van der Waals surface area (Å²) in [6.45, 7) is 0. The molecular formula is C22H36N4O18. The first-order valence-electron chi connectivity index (χ1n) is 10.1. The molecule has 21 N–H and O–H groups in total. The molecule has 0 bridgehead atoms. The molecule has 2 aromatic heterocycles. The predicted molar refractivity (Wildman–Crippen MR) is 157 cm³/mol. The largest absolute Gasteiger partial charge is 0.480 e. The van der Waals surface area contributed by atoms with E-state index in [1.54, 1.807) is 6.20 Å². The van der Waals surface area contributed by atoms with E-state index in [1.807, 2.05) is 54.7 Å². The molecule has 1 atom stereocenters. The van der Waals surface area contributed by atoms with E-state index in [0.29, 0.717) is 6.42 Å². The number of carboxylic acid groups (broad SMARTS) is 2. The van der Waals surface area contributed by atoms with Crippen molar-refractivity contribution in [3.63, 3.8) is 0 Å². The number of nitrogens with two attached hydrogens (primary N) is 1. The number of hydrogen-bond acceptors (Lipinski definition) is 15. The van der Waals surface area contributed by atoms with E-state index in [1.165, 1.54) is 0 Å². The summed E-state index contributed by atoms with van der Waals surface area (Å²) in [5, 5.41) is 55.1. The fourth-order valence-corrected chi connectivity index (χ4v) is 3.15. The molecule has 0 aliphatic rings. The maximum absolute atomic E-state index is 11.0. The number of benzene rings is 2. The van der Waals surface area contributed by atoms with Crippen molar-refractivity contribution < 1.29 is 72.6 Å². The molecule has 4 rings (SSSR count). The summed E-state index contributed by atoms with van der Waals surface area (Å²) in [6.07, 6.45) is 3.76. The minimum Gasteiger partial charge on any atom is -0.480 e. The molecule has 0 aliphatic heterocycles. The van der Waals surface area contributed by atoms with E-state index in [4.69, 9.17) is 67.3 Å². The van der Waals surface area contributed by atoms with Crippen LogP contribution in [0.2, 0.25) is 0 Å². The molecule has 0 saturated heterocycles. The highest BCUT2D eigenvalue weighted by Crippen LogP contribution is 2.19. The second-order valence-corrected chi connectivity index (χ2v) is 6.77. The summed E-state index contributed by atoms with van der Waals surface area (Å²) in [7, 11) is 0. The molecule has 2 aromatic carbocycles. The number of aromatic nitrogens is 2. The van der Waals surface area contributed by atoms with Crippen molar-refractivity contribution in [1.29, 1.82) is 0 Å². The number of Topliss-reactive ketones (excluding diaryl/α,β-unsaturated/α-hetero) is 1. The molecular weight excluding hydrogens is 608 g/mol. The number of rotatable bonds is 6. The molecule has 22 nitrogen and oxygen atoms in total. The number of ketones is 1. The van der Waals surface area contributed by atoms with Crippen LogP contribution in [0.25, 0.3) is 21.8 Å². The Bertz CT molecular complexity index is 1260. The highest BCUT2D eigenvalue weighted by atomic mass is 17.0. The summed E-state index contributed by atoms with van der Waals surface area (Å²) >= 11 is 0. The zero-order valence-electron chi connectivity index (χ0n) is 22.5. The van der Waals surface area contributed by atoms with Gasteiger partial charge in [-0.15, -0.1) is 0 Å². The number of aromatic amines is 2. The lowest BCUT2D eigenvalue weighted by atomic mass is 10.1. The summed E-state index contributed by atoms with van der Waals surface area (Å²) in [6, 6.07) is 14.4.